The third-order valence-corrected chi connectivity index (χ3v) is 2.24. The average Bonchev–Trinajstić information content (AvgIpc) is 2.16. The van der Waals surface area contributed by atoms with E-state index >= 15 is 0 Å². The standard InChI is InChI=1S/C8H9NO2S/c10-5-7(11)6-12-8-3-1-2-4-9-8/h1-5,7,11H,6H2. The van der Waals surface area contributed by atoms with Crippen LogP contribution < -0.4 is 0 Å². The molecule has 1 N–H and O–H groups in total. The Morgan fingerprint density at radius 1 is 1.67 bits per heavy atom. The normalized spacial score (nSPS) is 12.4. The Balaban J connectivity index is 2.38. The third-order valence-electron chi connectivity index (χ3n) is 1.20. The van der Waals surface area contributed by atoms with Gasteiger partial charge >= 0.3 is 0 Å². The van der Waals surface area contributed by atoms with E-state index in [4.69, 9.17) is 5.11 Å². The fraction of sp³-hybridized carbons (Fsp3) is 0.250. The van der Waals surface area contributed by atoms with E-state index in [1.54, 1.807) is 6.20 Å². The van der Waals surface area contributed by atoms with Crippen molar-refractivity contribution in [2.24, 2.45) is 0 Å². The van der Waals surface area contributed by atoms with Gasteiger partial charge in [-0.3, -0.25) is 0 Å². The van der Waals surface area contributed by atoms with Crippen molar-refractivity contribution in [3.8, 4) is 0 Å². The van der Waals surface area contributed by atoms with Crippen LogP contribution in [0, 0.1) is 0 Å². The third kappa shape index (κ3) is 3.02. The molecule has 3 nitrogen and oxygen atoms in total. The van der Waals surface area contributed by atoms with Crippen LogP contribution in [0.15, 0.2) is 29.4 Å². The number of rotatable bonds is 4. The molecule has 0 fully saturated rings. The molecule has 64 valence electrons. The van der Waals surface area contributed by atoms with Crippen molar-refractivity contribution in [3.63, 3.8) is 0 Å². The van der Waals surface area contributed by atoms with Crippen molar-refractivity contribution in [1.29, 1.82) is 0 Å². The van der Waals surface area contributed by atoms with Crippen molar-refractivity contribution < 1.29 is 9.90 Å². The van der Waals surface area contributed by atoms with Gasteiger partial charge in [-0.25, -0.2) is 4.98 Å². The van der Waals surface area contributed by atoms with Gasteiger partial charge in [0, 0.05) is 11.9 Å². The van der Waals surface area contributed by atoms with Crippen LogP contribution >= 0.6 is 11.8 Å². The number of nitrogens with zero attached hydrogens (tertiary/aromatic N) is 1. The van der Waals surface area contributed by atoms with Crippen molar-refractivity contribution in [3.05, 3.63) is 24.4 Å². The van der Waals surface area contributed by atoms with Crippen LogP contribution in [-0.4, -0.2) is 28.2 Å². The van der Waals surface area contributed by atoms with Crippen LogP contribution in [0.1, 0.15) is 0 Å². The first-order valence-electron chi connectivity index (χ1n) is 3.50. The Morgan fingerprint density at radius 3 is 3.08 bits per heavy atom. The Kier molecular flexibility index (Phi) is 3.76. The van der Waals surface area contributed by atoms with Gasteiger partial charge in [-0.2, -0.15) is 0 Å². The largest absolute Gasteiger partial charge is 0.385 e. The zero-order valence-electron chi connectivity index (χ0n) is 6.38. The van der Waals surface area contributed by atoms with Crippen LogP contribution in [0.25, 0.3) is 0 Å². The highest BCUT2D eigenvalue weighted by Crippen LogP contribution is 2.14. The molecule has 12 heavy (non-hydrogen) atoms. The van der Waals surface area contributed by atoms with Gasteiger partial charge < -0.3 is 9.90 Å². The number of aliphatic hydroxyl groups excluding tert-OH is 1. The summed E-state index contributed by atoms with van der Waals surface area (Å²) in [5.74, 6) is 0.362. The number of hydrogen-bond acceptors (Lipinski definition) is 4. The molecular weight excluding hydrogens is 174 g/mol. The van der Waals surface area contributed by atoms with Crippen LogP contribution in [-0.2, 0) is 4.79 Å². The molecule has 1 unspecified atom stereocenters. The van der Waals surface area contributed by atoms with E-state index in [1.807, 2.05) is 18.2 Å². The fourth-order valence-corrected chi connectivity index (χ4v) is 1.37. The fourth-order valence-electron chi connectivity index (χ4n) is 0.643. The minimum atomic E-state index is -0.892. The predicted molar refractivity (Wildman–Crippen MR) is 47.0 cm³/mol. The molecular formula is C8H9NO2S. The van der Waals surface area contributed by atoms with Crippen LogP contribution in [0.2, 0.25) is 0 Å². The van der Waals surface area contributed by atoms with Crippen LogP contribution in [0.5, 0.6) is 0 Å². The Bertz CT molecular complexity index is 240. The van der Waals surface area contributed by atoms with E-state index in [-0.39, 0.29) is 0 Å². The smallest absolute Gasteiger partial charge is 0.149 e. The van der Waals surface area contributed by atoms with Gasteiger partial charge in [-0.15, -0.1) is 11.8 Å². The summed E-state index contributed by atoms with van der Waals surface area (Å²) in [6.45, 7) is 0. The van der Waals surface area contributed by atoms with E-state index in [9.17, 15) is 4.79 Å². The quantitative estimate of drug-likeness (QED) is 0.552. The van der Waals surface area contributed by atoms with Gasteiger partial charge in [0.1, 0.15) is 12.4 Å². The summed E-state index contributed by atoms with van der Waals surface area (Å²) in [5.41, 5.74) is 0. The highest BCUT2D eigenvalue weighted by Gasteiger charge is 2.02. The lowest BCUT2D eigenvalue weighted by atomic mass is 10.5. The average molecular weight is 183 g/mol. The summed E-state index contributed by atoms with van der Waals surface area (Å²) in [6.07, 6.45) is 1.31. The second-order valence-electron chi connectivity index (χ2n) is 2.18. The van der Waals surface area contributed by atoms with Gasteiger partial charge in [0.05, 0.1) is 5.03 Å². The number of hydrogen-bond donors (Lipinski definition) is 1. The molecule has 0 saturated carbocycles. The van der Waals surface area contributed by atoms with Crippen LogP contribution in [0.3, 0.4) is 0 Å². The summed E-state index contributed by atoms with van der Waals surface area (Å²) < 4.78 is 0. The van der Waals surface area contributed by atoms with Gasteiger partial charge in [-0.05, 0) is 12.1 Å². The van der Waals surface area contributed by atoms with E-state index in [2.05, 4.69) is 4.98 Å². The number of aromatic nitrogens is 1. The minimum Gasteiger partial charge on any atom is -0.385 e. The second-order valence-corrected chi connectivity index (χ2v) is 3.22. The minimum absolute atomic E-state index is 0.362. The van der Waals surface area contributed by atoms with Gasteiger partial charge in [0.25, 0.3) is 0 Å². The number of aldehydes is 1. The summed E-state index contributed by atoms with van der Waals surface area (Å²) in [5, 5.41) is 9.72. The van der Waals surface area contributed by atoms with E-state index < -0.39 is 6.10 Å². The number of thioether (sulfide) groups is 1. The number of aliphatic hydroxyl groups is 1. The molecule has 0 aromatic carbocycles. The van der Waals surface area contributed by atoms with Gasteiger partial charge in [0.2, 0.25) is 0 Å². The highest BCUT2D eigenvalue weighted by molar-refractivity contribution is 7.99. The van der Waals surface area contributed by atoms with E-state index in [0.29, 0.717) is 12.0 Å². The van der Waals surface area contributed by atoms with Gasteiger partial charge in [0.15, 0.2) is 0 Å². The summed E-state index contributed by atoms with van der Waals surface area (Å²) >= 11 is 1.36. The summed E-state index contributed by atoms with van der Waals surface area (Å²) in [4.78, 5) is 14.1. The van der Waals surface area contributed by atoms with Crippen molar-refractivity contribution >= 4 is 18.0 Å². The molecule has 0 aliphatic rings. The lowest BCUT2D eigenvalue weighted by Crippen LogP contribution is -2.10. The molecule has 0 radical (unpaired) electrons. The molecule has 0 aliphatic carbocycles. The highest BCUT2D eigenvalue weighted by atomic mass is 32.2. The number of pyridine rings is 1. The van der Waals surface area contributed by atoms with E-state index in [1.165, 1.54) is 11.8 Å². The van der Waals surface area contributed by atoms with E-state index in [0.717, 1.165) is 5.03 Å². The number of carbonyl (C=O) groups is 1. The monoisotopic (exact) mass is 183 g/mol. The molecule has 1 heterocycles. The first-order chi connectivity index (χ1) is 5.83. The first kappa shape index (κ1) is 9.22. The Labute approximate surface area is 74.8 Å². The zero-order valence-corrected chi connectivity index (χ0v) is 7.20. The van der Waals surface area contributed by atoms with Crippen LogP contribution in [0.4, 0.5) is 0 Å². The molecule has 0 amide bonds. The molecule has 1 aromatic rings. The number of carbonyl (C=O) groups excluding carboxylic acids is 1. The Morgan fingerprint density at radius 2 is 2.50 bits per heavy atom. The lowest BCUT2D eigenvalue weighted by Gasteiger charge is -2.00. The van der Waals surface area contributed by atoms with Gasteiger partial charge in [-0.1, -0.05) is 6.07 Å². The maximum Gasteiger partial charge on any atom is 0.149 e. The van der Waals surface area contributed by atoms with Crippen molar-refractivity contribution in [1.82, 2.24) is 4.98 Å². The Hall–Kier alpha value is -0.870. The second kappa shape index (κ2) is 4.90. The molecule has 0 aliphatic heterocycles. The SMILES string of the molecule is O=CC(O)CSc1ccccn1. The molecule has 1 atom stereocenters. The molecule has 0 spiro atoms. The maximum atomic E-state index is 10.0. The maximum absolute atomic E-state index is 10.0. The predicted octanol–water partition coefficient (Wildman–Crippen LogP) is 0.733. The summed E-state index contributed by atoms with van der Waals surface area (Å²) in [6, 6.07) is 5.52. The molecule has 1 rings (SSSR count). The topological polar surface area (TPSA) is 50.2 Å². The molecule has 4 heteroatoms. The molecule has 0 bridgehead atoms. The first-order valence-corrected chi connectivity index (χ1v) is 4.48. The zero-order chi connectivity index (χ0) is 8.81. The van der Waals surface area contributed by atoms with Crippen molar-refractivity contribution in [2.45, 2.75) is 11.1 Å². The lowest BCUT2D eigenvalue weighted by molar-refractivity contribution is -0.113. The molecule has 0 saturated heterocycles. The summed E-state index contributed by atoms with van der Waals surface area (Å²) in [7, 11) is 0. The molecule has 1 aromatic heterocycles. The van der Waals surface area contributed by atoms with Crippen molar-refractivity contribution in [2.75, 3.05) is 5.75 Å².